The Labute approximate surface area is 136 Å². The Morgan fingerprint density at radius 2 is 1.48 bits per heavy atom. The Balaban J connectivity index is 1.50. The summed E-state index contributed by atoms with van der Waals surface area (Å²) in [4.78, 5) is 0. The molecule has 0 unspecified atom stereocenters. The van der Waals surface area contributed by atoms with Crippen LogP contribution < -0.4 is 0 Å². The van der Waals surface area contributed by atoms with Gasteiger partial charge in [-0.1, -0.05) is 44.0 Å². The van der Waals surface area contributed by atoms with Gasteiger partial charge < -0.3 is 0 Å². The molecular weight excluding hydrogens is 290 g/mol. The van der Waals surface area contributed by atoms with E-state index in [1.54, 1.807) is 0 Å². The zero-order chi connectivity index (χ0) is 16.1. The van der Waals surface area contributed by atoms with Gasteiger partial charge in [0.2, 0.25) is 0 Å². The highest BCUT2D eigenvalue weighted by molar-refractivity contribution is 5.64. The first kappa shape index (κ1) is 14.9. The minimum atomic E-state index is -0.527. The number of halogens is 2. The number of hydrogen-bond acceptors (Lipinski definition) is 0. The molecule has 0 nitrogen and oxygen atoms in total. The van der Waals surface area contributed by atoms with E-state index in [0.29, 0.717) is 16.4 Å². The summed E-state index contributed by atoms with van der Waals surface area (Å²) in [6.07, 6.45) is 8.00. The first-order valence-corrected chi connectivity index (χ1v) is 8.61. The van der Waals surface area contributed by atoms with E-state index in [-0.39, 0.29) is 0 Å². The van der Waals surface area contributed by atoms with Gasteiger partial charge in [0, 0.05) is 6.07 Å². The monoisotopic (exact) mass is 312 g/mol. The van der Waals surface area contributed by atoms with E-state index in [1.807, 2.05) is 12.1 Å². The van der Waals surface area contributed by atoms with Gasteiger partial charge >= 0.3 is 0 Å². The molecule has 3 aliphatic rings. The van der Waals surface area contributed by atoms with Crippen molar-refractivity contribution < 1.29 is 8.78 Å². The molecule has 0 atom stereocenters. The molecule has 3 aliphatic carbocycles. The van der Waals surface area contributed by atoms with Crippen LogP contribution in [0.3, 0.4) is 0 Å². The molecule has 0 aromatic heterocycles. The van der Waals surface area contributed by atoms with Crippen LogP contribution in [0.25, 0.3) is 11.1 Å². The third-order valence-corrected chi connectivity index (χ3v) is 5.89. The highest BCUT2D eigenvalue weighted by Gasteiger charge is 2.67. The molecule has 0 heterocycles. The molecule has 23 heavy (non-hydrogen) atoms. The van der Waals surface area contributed by atoms with E-state index < -0.39 is 11.6 Å². The van der Waals surface area contributed by atoms with Crippen molar-refractivity contribution in [3.8, 4) is 11.1 Å². The Hall–Kier alpha value is -1.70. The van der Waals surface area contributed by atoms with E-state index >= 15 is 0 Å². The maximum Gasteiger partial charge on any atom is 0.126 e. The average Bonchev–Trinajstić information content (AvgIpc) is 2.44. The Morgan fingerprint density at radius 3 is 2.04 bits per heavy atom. The Morgan fingerprint density at radius 1 is 0.870 bits per heavy atom. The molecule has 0 saturated heterocycles. The van der Waals surface area contributed by atoms with Crippen LogP contribution >= 0.6 is 0 Å². The molecular formula is C21H22F2. The van der Waals surface area contributed by atoms with Crippen LogP contribution in [-0.2, 0) is 5.41 Å². The lowest BCUT2D eigenvalue weighted by atomic mass is 9.32. The van der Waals surface area contributed by atoms with Gasteiger partial charge in [-0.15, -0.1) is 0 Å². The summed E-state index contributed by atoms with van der Waals surface area (Å²) < 4.78 is 26.7. The van der Waals surface area contributed by atoms with Gasteiger partial charge in [-0.25, -0.2) is 8.78 Å². The minimum absolute atomic E-state index is 0.402. The van der Waals surface area contributed by atoms with Crippen molar-refractivity contribution in [3.63, 3.8) is 0 Å². The van der Waals surface area contributed by atoms with E-state index in [1.165, 1.54) is 56.2 Å². The van der Waals surface area contributed by atoms with Gasteiger partial charge in [0.05, 0.1) is 0 Å². The maximum absolute atomic E-state index is 13.4. The number of rotatable bonds is 5. The summed E-state index contributed by atoms with van der Waals surface area (Å²) in [5, 5.41) is 0. The van der Waals surface area contributed by atoms with E-state index in [4.69, 9.17) is 0 Å². The van der Waals surface area contributed by atoms with Crippen molar-refractivity contribution in [1.29, 1.82) is 0 Å². The van der Waals surface area contributed by atoms with Gasteiger partial charge in [0.25, 0.3) is 0 Å². The molecule has 0 radical (unpaired) electrons. The van der Waals surface area contributed by atoms with Crippen LogP contribution in [0, 0.1) is 17.0 Å². The smallest absolute Gasteiger partial charge is 0.126 e. The minimum Gasteiger partial charge on any atom is -0.207 e. The topological polar surface area (TPSA) is 0 Å². The number of benzene rings is 2. The first-order chi connectivity index (χ1) is 11.0. The second-order valence-electron chi connectivity index (χ2n) is 7.65. The molecule has 0 aliphatic heterocycles. The first-order valence-electron chi connectivity index (χ1n) is 8.61. The van der Waals surface area contributed by atoms with Gasteiger partial charge in [-0.05, 0) is 65.3 Å². The van der Waals surface area contributed by atoms with Gasteiger partial charge in [-0.2, -0.15) is 0 Å². The summed E-state index contributed by atoms with van der Waals surface area (Å²) in [5.41, 5.74) is 3.92. The molecule has 2 heteroatoms. The standard InChI is InChI=1S/C21H22F2/c1-2-3-8-20-12-21(13-20,14-20)17-6-4-15(5-7-17)16-9-18(22)11-19(23)10-16/h4-7,9-11H,2-3,8,12-14H2,1H3. The molecule has 3 fully saturated rings. The maximum atomic E-state index is 13.4. The van der Waals surface area contributed by atoms with Crippen LogP contribution in [-0.4, -0.2) is 0 Å². The van der Waals surface area contributed by atoms with Crippen LogP contribution in [0.1, 0.15) is 51.0 Å². The normalized spacial score (nSPS) is 28.1. The molecule has 2 aromatic rings. The lowest BCUT2D eigenvalue weighted by molar-refractivity contribution is -0.147. The van der Waals surface area contributed by atoms with E-state index in [0.717, 1.165) is 11.6 Å². The van der Waals surface area contributed by atoms with Crippen LogP contribution in [0.5, 0.6) is 0 Å². The molecule has 0 N–H and O–H groups in total. The molecule has 0 spiro atoms. The van der Waals surface area contributed by atoms with Gasteiger partial charge in [0.1, 0.15) is 11.6 Å². The van der Waals surface area contributed by atoms with Crippen LogP contribution in [0.15, 0.2) is 42.5 Å². The molecule has 5 rings (SSSR count). The van der Waals surface area contributed by atoms with Crippen molar-refractivity contribution in [3.05, 3.63) is 59.7 Å². The summed E-state index contributed by atoms with van der Waals surface area (Å²) in [6.45, 7) is 2.26. The van der Waals surface area contributed by atoms with Crippen molar-refractivity contribution >= 4 is 0 Å². The number of hydrogen-bond donors (Lipinski definition) is 0. The molecule has 3 saturated carbocycles. The second kappa shape index (κ2) is 5.15. The van der Waals surface area contributed by atoms with Gasteiger partial charge in [0.15, 0.2) is 0 Å². The van der Waals surface area contributed by atoms with Crippen molar-refractivity contribution in [2.75, 3.05) is 0 Å². The zero-order valence-corrected chi connectivity index (χ0v) is 13.5. The third-order valence-electron chi connectivity index (χ3n) is 5.89. The zero-order valence-electron chi connectivity index (χ0n) is 13.5. The Kier molecular flexibility index (Phi) is 3.33. The van der Waals surface area contributed by atoms with Crippen LogP contribution in [0.4, 0.5) is 8.78 Å². The molecule has 0 amide bonds. The fraction of sp³-hybridized carbons (Fsp3) is 0.429. The fourth-order valence-electron chi connectivity index (χ4n) is 4.86. The van der Waals surface area contributed by atoms with Crippen molar-refractivity contribution in [2.45, 2.75) is 50.9 Å². The quantitative estimate of drug-likeness (QED) is 0.612. The number of unbranched alkanes of at least 4 members (excludes halogenated alkanes) is 1. The second-order valence-corrected chi connectivity index (χ2v) is 7.65. The summed E-state index contributed by atoms with van der Waals surface area (Å²) in [6, 6.07) is 12.0. The summed E-state index contributed by atoms with van der Waals surface area (Å²) in [5.74, 6) is -1.05. The Bertz CT molecular complexity index is 690. The lowest BCUT2D eigenvalue weighted by Crippen LogP contribution is -2.64. The van der Waals surface area contributed by atoms with E-state index in [9.17, 15) is 8.78 Å². The summed E-state index contributed by atoms with van der Waals surface area (Å²) >= 11 is 0. The predicted octanol–water partition coefficient (Wildman–Crippen LogP) is 6.24. The van der Waals surface area contributed by atoms with Crippen molar-refractivity contribution in [2.24, 2.45) is 5.41 Å². The highest BCUT2D eigenvalue weighted by atomic mass is 19.1. The molecule has 2 aromatic carbocycles. The largest absolute Gasteiger partial charge is 0.207 e. The molecule has 120 valence electrons. The lowest BCUT2D eigenvalue weighted by Gasteiger charge is -2.72. The van der Waals surface area contributed by atoms with Crippen molar-refractivity contribution in [1.82, 2.24) is 0 Å². The third kappa shape index (κ3) is 2.39. The fourth-order valence-corrected chi connectivity index (χ4v) is 4.86. The average molecular weight is 312 g/mol. The SMILES string of the molecule is CCCCC12CC(c3ccc(-c4cc(F)cc(F)c4)cc3)(C1)C2. The highest BCUT2D eigenvalue weighted by Crippen LogP contribution is 2.75. The summed E-state index contributed by atoms with van der Waals surface area (Å²) in [7, 11) is 0. The predicted molar refractivity (Wildman–Crippen MR) is 89.3 cm³/mol. The van der Waals surface area contributed by atoms with E-state index in [2.05, 4.69) is 19.1 Å². The molecule has 2 bridgehead atoms. The van der Waals surface area contributed by atoms with Crippen LogP contribution in [0.2, 0.25) is 0 Å². The van der Waals surface area contributed by atoms with Gasteiger partial charge in [-0.3, -0.25) is 0 Å².